The van der Waals surface area contributed by atoms with Gasteiger partial charge in [-0.1, -0.05) is 6.92 Å². The van der Waals surface area contributed by atoms with E-state index >= 15 is 0 Å². The summed E-state index contributed by atoms with van der Waals surface area (Å²) in [4.78, 5) is 19.2. The minimum atomic E-state index is -3.01. The Labute approximate surface area is 66.0 Å². The van der Waals surface area contributed by atoms with Gasteiger partial charge in [0.05, 0.1) is 6.16 Å². The van der Waals surface area contributed by atoms with Gasteiger partial charge in [0.25, 0.3) is 0 Å². The van der Waals surface area contributed by atoms with Crippen molar-refractivity contribution in [2.75, 3.05) is 18.9 Å². The van der Waals surface area contributed by atoms with E-state index in [4.69, 9.17) is 4.89 Å². The second-order valence-corrected chi connectivity index (χ2v) is 5.00. The van der Waals surface area contributed by atoms with E-state index in [0.29, 0.717) is 0 Å². The highest BCUT2D eigenvalue weighted by molar-refractivity contribution is 7.57. The standard InChI is InChI=1S/C6H13O4P/c1-3-11(8,9)5-4-10-6(2)7/h3-5H2,1-2H3,(H,8,9). The molecule has 0 aromatic carbocycles. The van der Waals surface area contributed by atoms with Crippen LogP contribution in [0, 0.1) is 0 Å². The molecular formula is C6H13O4P. The average Bonchev–Trinajstić information content (AvgIpc) is 1.87. The van der Waals surface area contributed by atoms with Crippen LogP contribution in [0.15, 0.2) is 0 Å². The summed E-state index contributed by atoms with van der Waals surface area (Å²) in [6, 6.07) is 0. The van der Waals surface area contributed by atoms with Gasteiger partial charge in [-0.3, -0.25) is 9.36 Å². The third-order valence-electron chi connectivity index (χ3n) is 1.24. The molecule has 0 fully saturated rings. The first kappa shape index (κ1) is 10.7. The lowest BCUT2D eigenvalue weighted by Crippen LogP contribution is -2.05. The largest absolute Gasteiger partial charge is 0.465 e. The predicted octanol–water partition coefficient (Wildman–Crippen LogP) is 0.840. The van der Waals surface area contributed by atoms with Crippen LogP contribution in [0.1, 0.15) is 13.8 Å². The van der Waals surface area contributed by atoms with Crippen molar-refractivity contribution >= 4 is 13.3 Å². The zero-order valence-corrected chi connectivity index (χ0v) is 7.63. The maximum atomic E-state index is 10.9. The Morgan fingerprint density at radius 3 is 2.55 bits per heavy atom. The molecule has 0 spiro atoms. The van der Waals surface area contributed by atoms with Crippen LogP contribution in [0.2, 0.25) is 0 Å². The van der Waals surface area contributed by atoms with Crippen molar-refractivity contribution in [1.29, 1.82) is 0 Å². The molecule has 1 atom stereocenters. The maximum absolute atomic E-state index is 10.9. The summed E-state index contributed by atoms with van der Waals surface area (Å²) < 4.78 is 15.4. The van der Waals surface area contributed by atoms with Gasteiger partial charge in [-0.15, -0.1) is 0 Å². The van der Waals surface area contributed by atoms with Crippen molar-refractivity contribution in [2.24, 2.45) is 0 Å². The molecule has 11 heavy (non-hydrogen) atoms. The Kier molecular flexibility index (Phi) is 4.38. The van der Waals surface area contributed by atoms with Crippen LogP contribution < -0.4 is 0 Å². The first-order chi connectivity index (χ1) is 4.98. The lowest BCUT2D eigenvalue weighted by molar-refractivity contribution is -0.140. The molecule has 4 nitrogen and oxygen atoms in total. The van der Waals surface area contributed by atoms with E-state index in [1.807, 2.05) is 0 Å². The molecular weight excluding hydrogens is 167 g/mol. The highest BCUT2D eigenvalue weighted by Crippen LogP contribution is 2.38. The van der Waals surface area contributed by atoms with Crippen LogP contribution in [0.25, 0.3) is 0 Å². The number of esters is 1. The van der Waals surface area contributed by atoms with Crippen molar-refractivity contribution in [3.05, 3.63) is 0 Å². The minimum Gasteiger partial charge on any atom is -0.465 e. The molecule has 0 aliphatic rings. The molecule has 0 saturated carbocycles. The lowest BCUT2D eigenvalue weighted by atomic mass is 10.8. The van der Waals surface area contributed by atoms with E-state index in [1.165, 1.54) is 6.92 Å². The van der Waals surface area contributed by atoms with Crippen molar-refractivity contribution < 1.29 is 19.0 Å². The van der Waals surface area contributed by atoms with E-state index in [1.54, 1.807) is 6.92 Å². The Morgan fingerprint density at radius 1 is 1.64 bits per heavy atom. The van der Waals surface area contributed by atoms with Crippen molar-refractivity contribution in [3.63, 3.8) is 0 Å². The van der Waals surface area contributed by atoms with Gasteiger partial charge in [0, 0.05) is 13.1 Å². The van der Waals surface area contributed by atoms with E-state index in [2.05, 4.69) is 4.74 Å². The monoisotopic (exact) mass is 180 g/mol. The first-order valence-electron chi connectivity index (χ1n) is 3.42. The summed E-state index contributed by atoms with van der Waals surface area (Å²) in [6.45, 7) is 2.94. The van der Waals surface area contributed by atoms with Crippen molar-refractivity contribution in [3.8, 4) is 0 Å². The highest BCUT2D eigenvalue weighted by atomic mass is 31.2. The van der Waals surface area contributed by atoms with E-state index in [0.717, 1.165) is 0 Å². The maximum Gasteiger partial charge on any atom is 0.302 e. The minimum absolute atomic E-state index is 0.0386. The van der Waals surface area contributed by atoms with Gasteiger partial charge in [-0.2, -0.15) is 0 Å². The normalized spacial score (nSPS) is 15.5. The fourth-order valence-electron chi connectivity index (χ4n) is 0.490. The predicted molar refractivity (Wildman–Crippen MR) is 41.9 cm³/mol. The molecule has 0 rings (SSSR count). The van der Waals surface area contributed by atoms with Gasteiger partial charge in [0.2, 0.25) is 7.37 Å². The summed E-state index contributed by atoms with van der Waals surface area (Å²) in [6.07, 6.45) is 0.289. The quantitative estimate of drug-likeness (QED) is 0.514. The van der Waals surface area contributed by atoms with Gasteiger partial charge in [0.1, 0.15) is 6.61 Å². The van der Waals surface area contributed by atoms with Crippen molar-refractivity contribution in [2.45, 2.75) is 13.8 Å². The molecule has 1 N–H and O–H groups in total. The zero-order chi connectivity index (χ0) is 8.91. The van der Waals surface area contributed by atoms with Crippen LogP contribution in [0.3, 0.4) is 0 Å². The molecule has 5 heteroatoms. The summed E-state index contributed by atoms with van der Waals surface area (Å²) in [5.74, 6) is -0.416. The van der Waals surface area contributed by atoms with E-state index in [-0.39, 0.29) is 18.9 Å². The van der Waals surface area contributed by atoms with Crippen LogP contribution in [-0.2, 0) is 14.1 Å². The number of carbonyl (C=O) groups excluding carboxylic acids is 1. The van der Waals surface area contributed by atoms with Crippen LogP contribution >= 0.6 is 7.37 Å². The Bertz CT molecular complexity index is 177. The topological polar surface area (TPSA) is 63.6 Å². The summed E-state index contributed by atoms with van der Waals surface area (Å²) in [5, 5.41) is 0. The van der Waals surface area contributed by atoms with Crippen LogP contribution in [-0.4, -0.2) is 29.8 Å². The van der Waals surface area contributed by atoms with Gasteiger partial charge in [0.15, 0.2) is 0 Å². The van der Waals surface area contributed by atoms with Gasteiger partial charge in [-0.25, -0.2) is 0 Å². The second-order valence-electron chi connectivity index (χ2n) is 2.23. The Morgan fingerprint density at radius 2 is 2.18 bits per heavy atom. The van der Waals surface area contributed by atoms with Gasteiger partial charge in [-0.05, 0) is 0 Å². The molecule has 0 heterocycles. The molecule has 0 saturated heterocycles. The lowest BCUT2D eigenvalue weighted by Gasteiger charge is -2.07. The molecule has 0 aliphatic carbocycles. The molecule has 0 radical (unpaired) electrons. The Hall–Kier alpha value is -0.340. The fourth-order valence-corrected chi connectivity index (χ4v) is 1.18. The molecule has 0 aromatic rings. The average molecular weight is 180 g/mol. The summed E-state index contributed by atoms with van der Waals surface area (Å²) in [7, 11) is -3.01. The van der Waals surface area contributed by atoms with Crippen LogP contribution in [0.4, 0.5) is 0 Å². The molecule has 0 aliphatic heterocycles. The second kappa shape index (κ2) is 4.52. The molecule has 1 unspecified atom stereocenters. The number of carbonyl (C=O) groups is 1. The Balaban J connectivity index is 3.54. The van der Waals surface area contributed by atoms with Gasteiger partial charge >= 0.3 is 5.97 Å². The smallest absolute Gasteiger partial charge is 0.302 e. The molecule has 0 amide bonds. The number of hydrogen-bond donors (Lipinski definition) is 1. The molecule has 0 bridgehead atoms. The van der Waals surface area contributed by atoms with E-state index in [9.17, 15) is 9.36 Å². The number of hydrogen-bond acceptors (Lipinski definition) is 3. The number of ether oxygens (including phenoxy) is 1. The summed E-state index contributed by atoms with van der Waals surface area (Å²) in [5.41, 5.74) is 0. The molecule has 0 aromatic heterocycles. The van der Waals surface area contributed by atoms with E-state index < -0.39 is 13.3 Å². The van der Waals surface area contributed by atoms with Gasteiger partial charge < -0.3 is 9.63 Å². The molecule has 66 valence electrons. The van der Waals surface area contributed by atoms with Crippen molar-refractivity contribution in [1.82, 2.24) is 0 Å². The SMILES string of the molecule is CCP(=O)(O)CCOC(C)=O. The first-order valence-corrected chi connectivity index (χ1v) is 5.45. The number of rotatable bonds is 4. The summed E-state index contributed by atoms with van der Waals surface area (Å²) >= 11 is 0. The fraction of sp³-hybridized carbons (Fsp3) is 0.833. The third kappa shape index (κ3) is 6.07. The highest BCUT2D eigenvalue weighted by Gasteiger charge is 2.14. The third-order valence-corrected chi connectivity index (χ3v) is 3.11. The van der Waals surface area contributed by atoms with Crippen LogP contribution in [0.5, 0.6) is 0 Å². The zero-order valence-electron chi connectivity index (χ0n) is 6.74.